The lowest BCUT2D eigenvalue weighted by molar-refractivity contribution is 0.0567. The molecule has 232 valence electrons. The van der Waals surface area contributed by atoms with Crippen molar-refractivity contribution in [3.05, 3.63) is 136 Å². The molecule has 1 aliphatic heterocycles. The number of fused-ring (bicyclic) bond motifs is 1. The predicted molar refractivity (Wildman–Crippen MR) is 176 cm³/mol. The second kappa shape index (κ2) is 14.3. The van der Waals surface area contributed by atoms with Crippen LogP contribution in [0, 0.1) is 0 Å². The first kappa shape index (κ1) is 30.2. The van der Waals surface area contributed by atoms with E-state index >= 15 is 0 Å². The minimum Gasteiger partial charge on any atom is -0.489 e. The molecule has 0 radical (unpaired) electrons. The summed E-state index contributed by atoms with van der Waals surface area (Å²) in [6.45, 7) is 5.39. The van der Waals surface area contributed by atoms with Crippen LogP contribution in [0.2, 0.25) is 0 Å². The third kappa shape index (κ3) is 7.64. The topological polar surface area (TPSA) is 79.8 Å². The van der Waals surface area contributed by atoms with Crippen LogP contribution in [0.1, 0.15) is 42.5 Å². The Bertz CT molecular complexity index is 1740. The van der Waals surface area contributed by atoms with Crippen LogP contribution in [0.15, 0.2) is 114 Å². The molecule has 1 N–H and O–H groups in total. The van der Waals surface area contributed by atoms with Gasteiger partial charge in [-0.05, 0) is 60.7 Å². The molecule has 1 aromatic heterocycles. The van der Waals surface area contributed by atoms with Crippen LogP contribution >= 0.6 is 0 Å². The fourth-order valence-corrected chi connectivity index (χ4v) is 6.03. The van der Waals surface area contributed by atoms with E-state index in [0.29, 0.717) is 39.1 Å². The maximum atomic E-state index is 13.1. The van der Waals surface area contributed by atoms with E-state index < -0.39 is 0 Å². The molecule has 1 unspecified atom stereocenters. The van der Waals surface area contributed by atoms with Crippen molar-refractivity contribution in [3.8, 4) is 5.75 Å². The van der Waals surface area contributed by atoms with E-state index in [1.165, 1.54) is 5.56 Å². The summed E-state index contributed by atoms with van der Waals surface area (Å²) in [6.07, 6.45) is 1.10. The minimum atomic E-state index is -0.303. The van der Waals surface area contributed by atoms with Crippen LogP contribution in [-0.2, 0) is 24.4 Å². The van der Waals surface area contributed by atoms with Crippen molar-refractivity contribution < 1.29 is 14.3 Å². The van der Waals surface area contributed by atoms with Gasteiger partial charge in [-0.1, -0.05) is 84.9 Å². The first-order valence-electron chi connectivity index (χ1n) is 15.7. The monoisotopic (exact) mass is 604 g/mol. The second-order valence-corrected chi connectivity index (χ2v) is 11.8. The zero-order valence-corrected chi connectivity index (χ0v) is 25.7. The van der Waals surface area contributed by atoms with Crippen LogP contribution in [0.25, 0.3) is 11.0 Å². The van der Waals surface area contributed by atoms with Crippen LogP contribution in [0.3, 0.4) is 0 Å². The summed E-state index contributed by atoms with van der Waals surface area (Å²) in [4.78, 5) is 32.8. The van der Waals surface area contributed by atoms with Crippen LogP contribution in [-0.4, -0.2) is 51.2 Å². The largest absolute Gasteiger partial charge is 0.489 e. The molecule has 0 saturated carbocycles. The highest BCUT2D eigenvalue weighted by molar-refractivity contribution is 5.75. The number of amides is 1. The van der Waals surface area contributed by atoms with Gasteiger partial charge in [0.15, 0.2) is 0 Å². The molecule has 45 heavy (non-hydrogen) atoms. The molecule has 1 saturated heterocycles. The zero-order valence-electron chi connectivity index (χ0n) is 25.7. The number of piperidine rings is 1. The van der Waals surface area contributed by atoms with Crippen molar-refractivity contribution in [1.29, 1.82) is 0 Å². The summed E-state index contributed by atoms with van der Waals surface area (Å²) >= 11 is 0. The van der Waals surface area contributed by atoms with Crippen molar-refractivity contribution in [1.82, 2.24) is 19.4 Å². The fraction of sp³-hybridized carbons (Fsp3) is 0.297. The Labute approximate surface area is 263 Å². The third-order valence-corrected chi connectivity index (χ3v) is 8.54. The normalized spacial score (nSPS) is 14.5. The number of rotatable bonds is 11. The molecule has 8 nitrogen and oxygen atoms in total. The number of imidazole rings is 1. The van der Waals surface area contributed by atoms with E-state index in [1.807, 2.05) is 77.4 Å². The number of para-hydroxylation sites is 2. The Morgan fingerprint density at radius 2 is 1.49 bits per heavy atom. The maximum Gasteiger partial charge on any atom is 0.409 e. The van der Waals surface area contributed by atoms with Gasteiger partial charge in [0.05, 0.1) is 11.0 Å². The van der Waals surface area contributed by atoms with E-state index in [4.69, 9.17) is 9.47 Å². The lowest BCUT2D eigenvalue weighted by atomic mass is 10.0. The Morgan fingerprint density at radius 1 is 0.844 bits per heavy atom. The minimum absolute atomic E-state index is 0.0228. The number of H-pyrrole nitrogens is 1. The molecule has 5 aromatic rings. The molecule has 2 heterocycles. The Morgan fingerprint density at radius 3 is 2.24 bits per heavy atom. The average Bonchev–Trinajstić information content (AvgIpc) is 3.42. The van der Waals surface area contributed by atoms with Gasteiger partial charge in [0.2, 0.25) is 0 Å². The van der Waals surface area contributed by atoms with Gasteiger partial charge in [0, 0.05) is 38.3 Å². The number of aromatic nitrogens is 2. The van der Waals surface area contributed by atoms with Crippen molar-refractivity contribution >= 4 is 17.1 Å². The van der Waals surface area contributed by atoms with Gasteiger partial charge < -0.3 is 19.4 Å². The Kier molecular flexibility index (Phi) is 9.61. The zero-order chi connectivity index (χ0) is 31.0. The second-order valence-electron chi connectivity index (χ2n) is 11.8. The summed E-state index contributed by atoms with van der Waals surface area (Å²) in [5.41, 5.74) is 5.10. The number of benzene rings is 4. The fourth-order valence-electron chi connectivity index (χ4n) is 6.03. The highest BCUT2D eigenvalue weighted by atomic mass is 16.6. The van der Waals surface area contributed by atoms with E-state index in [2.05, 4.69) is 53.2 Å². The Balaban J connectivity index is 1.06. The highest BCUT2D eigenvalue weighted by Crippen LogP contribution is 2.25. The number of nitrogens with zero attached hydrogens (tertiary/aromatic N) is 3. The molecule has 1 aliphatic rings. The van der Waals surface area contributed by atoms with Crippen LogP contribution in [0.5, 0.6) is 5.75 Å². The summed E-state index contributed by atoms with van der Waals surface area (Å²) in [5, 5.41) is 0. The summed E-state index contributed by atoms with van der Waals surface area (Å²) in [5.74, 6) is 0.827. The molecule has 8 heteroatoms. The van der Waals surface area contributed by atoms with Gasteiger partial charge in [0.25, 0.3) is 0 Å². The molecular weight excluding hydrogens is 564 g/mol. The molecule has 4 aromatic carbocycles. The number of carbonyl (C=O) groups excluding carboxylic acids is 1. The van der Waals surface area contributed by atoms with Gasteiger partial charge in [0.1, 0.15) is 19.0 Å². The lowest BCUT2D eigenvalue weighted by Crippen LogP contribution is -2.42. The van der Waals surface area contributed by atoms with E-state index in [0.717, 1.165) is 34.5 Å². The first-order valence-corrected chi connectivity index (χ1v) is 15.7. The lowest BCUT2D eigenvalue weighted by Gasteiger charge is -2.33. The van der Waals surface area contributed by atoms with Crippen molar-refractivity contribution in [3.63, 3.8) is 0 Å². The SMILES string of the molecule is CC(COC(=O)N1CCC(n2c(=O)[nH]c3ccccc32)CC1)N(Cc1ccccc1)Cc1cccc(OCc2ccccc2)c1. The number of nitrogens with one attached hydrogen (secondary N) is 1. The number of hydrogen-bond acceptors (Lipinski definition) is 5. The first-order chi connectivity index (χ1) is 22.0. The van der Waals surface area contributed by atoms with Gasteiger partial charge in [-0.25, -0.2) is 9.59 Å². The summed E-state index contributed by atoms with van der Waals surface area (Å²) in [7, 11) is 0. The molecule has 6 rings (SSSR count). The maximum absolute atomic E-state index is 13.1. The van der Waals surface area contributed by atoms with Crippen LogP contribution < -0.4 is 10.4 Å². The molecule has 0 bridgehead atoms. The van der Waals surface area contributed by atoms with E-state index in [9.17, 15) is 9.59 Å². The number of likely N-dealkylation sites (tertiary alicyclic amines) is 1. The molecule has 0 spiro atoms. The van der Waals surface area contributed by atoms with Gasteiger partial charge in [-0.2, -0.15) is 0 Å². The third-order valence-electron chi connectivity index (χ3n) is 8.54. The van der Waals surface area contributed by atoms with E-state index in [-0.39, 0.29) is 30.5 Å². The molecular formula is C37H40N4O4. The van der Waals surface area contributed by atoms with E-state index in [1.54, 1.807) is 4.90 Å². The summed E-state index contributed by atoms with van der Waals surface area (Å²) < 4.78 is 13.8. The smallest absolute Gasteiger partial charge is 0.409 e. The molecule has 0 aliphatic carbocycles. The quantitative estimate of drug-likeness (QED) is 0.180. The van der Waals surface area contributed by atoms with Crippen molar-refractivity contribution in [2.45, 2.75) is 51.5 Å². The number of ether oxygens (including phenoxy) is 2. The molecule has 1 amide bonds. The number of hydrogen-bond donors (Lipinski definition) is 1. The summed E-state index contributed by atoms with van der Waals surface area (Å²) in [6, 6.07) is 36.5. The van der Waals surface area contributed by atoms with Crippen molar-refractivity contribution in [2.75, 3.05) is 19.7 Å². The van der Waals surface area contributed by atoms with Gasteiger partial charge in [-0.3, -0.25) is 9.47 Å². The van der Waals surface area contributed by atoms with Crippen LogP contribution in [0.4, 0.5) is 4.79 Å². The molecule has 1 atom stereocenters. The molecule has 1 fully saturated rings. The highest BCUT2D eigenvalue weighted by Gasteiger charge is 2.27. The standard InChI is InChI=1S/C37H40N4O4/c1-28(26-45-37(43)39-21-19-32(20-22-39)41-35-18-9-8-17-34(35)38-36(41)42)40(24-29-11-4-2-5-12-29)25-31-15-10-16-33(23-31)44-27-30-13-6-3-7-14-30/h2-18,23,28,32H,19-22,24-27H2,1H3,(H,38,42). The number of aromatic amines is 1. The average molecular weight is 605 g/mol. The number of carbonyl (C=O) groups is 1. The van der Waals surface area contributed by atoms with Gasteiger partial charge in [-0.15, -0.1) is 0 Å². The van der Waals surface area contributed by atoms with Gasteiger partial charge >= 0.3 is 11.8 Å². The Hall–Kier alpha value is -4.82. The van der Waals surface area contributed by atoms with Crippen molar-refractivity contribution in [2.24, 2.45) is 0 Å². The predicted octanol–water partition coefficient (Wildman–Crippen LogP) is 6.77.